The third-order valence-electron chi connectivity index (χ3n) is 1.91. The Morgan fingerprint density at radius 3 is 2.62 bits per heavy atom. The number of hydrogen-bond acceptors (Lipinski definition) is 4. The maximum atomic E-state index is 11.2. The lowest BCUT2D eigenvalue weighted by atomic mass is 10.1. The summed E-state index contributed by atoms with van der Waals surface area (Å²) in [5.41, 5.74) is 0. The maximum absolute atomic E-state index is 11.2. The van der Waals surface area contributed by atoms with Crippen LogP contribution in [0.3, 0.4) is 0 Å². The highest BCUT2D eigenvalue weighted by atomic mass is 16.5. The van der Waals surface area contributed by atoms with E-state index in [1.54, 1.807) is 14.0 Å². The standard InChI is InChI=1S/C10H19NO5/c1-3-16-7-9(12)11-8(10(13)14)5-4-6-15-2/h8H,3-7H2,1-2H3,(H,11,12)(H,13,14). The molecule has 0 aromatic heterocycles. The molecule has 0 saturated carbocycles. The number of amides is 1. The van der Waals surface area contributed by atoms with E-state index in [1.807, 2.05) is 0 Å². The van der Waals surface area contributed by atoms with Crippen LogP contribution in [0.4, 0.5) is 0 Å². The minimum absolute atomic E-state index is 0.107. The van der Waals surface area contributed by atoms with Crippen LogP contribution >= 0.6 is 0 Å². The van der Waals surface area contributed by atoms with Gasteiger partial charge >= 0.3 is 5.97 Å². The molecule has 0 radical (unpaired) electrons. The maximum Gasteiger partial charge on any atom is 0.326 e. The lowest BCUT2D eigenvalue weighted by Crippen LogP contribution is -2.42. The minimum atomic E-state index is -1.04. The topological polar surface area (TPSA) is 84.9 Å². The SMILES string of the molecule is CCOCC(=O)NC(CCCOC)C(=O)O. The van der Waals surface area contributed by atoms with Crippen molar-refractivity contribution >= 4 is 11.9 Å². The first kappa shape index (κ1) is 14.9. The van der Waals surface area contributed by atoms with E-state index in [0.29, 0.717) is 26.1 Å². The summed E-state index contributed by atoms with van der Waals surface area (Å²) in [5.74, 6) is -1.45. The molecule has 0 aromatic carbocycles. The van der Waals surface area contributed by atoms with Gasteiger partial charge in [-0.25, -0.2) is 4.79 Å². The molecule has 94 valence electrons. The highest BCUT2D eigenvalue weighted by Gasteiger charge is 2.19. The molecule has 0 heterocycles. The molecule has 1 atom stereocenters. The first-order chi connectivity index (χ1) is 7.61. The van der Waals surface area contributed by atoms with Gasteiger partial charge in [0.2, 0.25) is 5.91 Å². The van der Waals surface area contributed by atoms with Gasteiger partial charge in [-0.1, -0.05) is 0 Å². The van der Waals surface area contributed by atoms with Crippen molar-refractivity contribution in [1.29, 1.82) is 0 Å². The number of hydrogen-bond donors (Lipinski definition) is 2. The normalized spacial score (nSPS) is 12.1. The molecular formula is C10H19NO5. The Morgan fingerprint density at radius 2 is 2.12 bits per heavy atom. The van der Waals surface area contributed by atoms with Crippen molar-refractivity contribution in [2.45, 2.75) is 25.8 Å². The first-order valence-electron chi connectivity index (χ1n) is 5.20. The lowest BCUT2D eigenvalue weighted by molar-refractivity contribution is -0.142. The Morgan fingerprint density at radius 1 is 1.44 bits per heavy atom. The highest BCUT2D eigenvalue weighted by molar-refractivity contribution is 5.84. The zero-order valence-electron chi connectivity index (χ0n) is 9.69. The fourth-order valence-corrected chi connectivity index (χ4v) is 1.12. The lowest BCUT2D eigenvalue weighted by Gasteiger charge is -2.14. The summed E-state index contributed by atoms with van der Waals surface area (Å²) in [6, 6.07) is -0.872. The minimum Gasteiger partial charge on any atom is -0.480 e. The third-order valence-corrected chi connectivity index (χ3v) is 1.91. The van der Waals surface area contributed by atoms with Gasteiger partial charge in [0.25, 0.3) is 0 Å². The number of aliphatic carboxylic acids is 1. The average Bonchev–Trinajstić information content (AvgIpc) is 2.25. The van der Waals surface area contributed by atoms with Gasteiger partial charge in [0.15, 0.2) is 0 Å². The van der Waals surface area contributed by atoms with Gasteiger partial charge in [-0.2, -0.15) is 0 Å². The molecule has 0 saturated heterocycles. The van der Waals surface area contributed by atoms with E-state index in [0.717, 1.165) is 0 Å². The van der Waals surface area contributed by atoms with E-state index in [4.69, 9.17) is 14.6 Å². The van der Waals surface area contributed by atoms with Crippen molar-refractivity contribution in [2.75, 3.05) is 26.9 Å². The molecule has 0 aliphatic heterocycles. The molecular weight excluding hydrogens is 214 g/mol. The van der Waals surface area contributed by atoms with Gasteiger partial charge in [0, 0.05) is 20.3 Å². The van der Waals surface area contributed by atoms with Crippen LogP contribution in [-0.4, -0.2) is 50.0 Å². The van der Waals surface area contributed by atoms with E-state index in [2.05, 4.69) is 5.32 Å². The summed E-state index contributed by atoms with van der Waals surface area (Å²) in [6.07, 6.45) is 0.934. The summed E-state index contributed by atoms with van der Waals surface area (Å²) < 4.78 is 9.68. The second kappa shape index (κ2) is 9.11. The monoisotopic (exact) mass is 233 g/mol. The van der Waals surface area contributed by atoms with Gasteiger partial charge in [-0.05, 0) is 19.8 Å². The molecule has 2 N–H and O–H groups in total. The van der Waals surface area contributed by atoms with Crippen LogP contribution < -0.4 is 5.32 Å². The second-order valence-electron chi connectivity index (χ2n) is 3.23. The number of methoxy groups -OCH3 is 1. The van der Waals surface area contributed by atoms with Gasteiger partial charge in [0.1, 0.15) is 12.6 Å². The Bertz CT molecular complexity index is 219. The fraction of sp³-hybridized carbons (Fsp3) is 0.800. The van der Waals surface area contributed by atoms with Gasteiger partial charge < -0.3 is 19.9 Å². The molecule has 0 spiro atoms. The summed E-state index contributed by atoms with van der Waals surface area (Å²) >= 11 is 0. The predicted molar refractivity (Wildman–Crippen MR) is 57.2 cm³/mol. The summed E-state index contributed by atoms with van der Waals surface area (Å²) in [4.78, 5) is 22.0. The molecule has 6 heteroatoms. The number of carbonyl (C=O) groups is 2. The van der Waals surface area contributed by atoms with E-state index in [1.165, 1.54) is 0 Å². The number of nitrogens with one attached hydrogen (secondary N) is 1. The molecule has 6 nitrogen and oxygen atoms in total. The van der Waals surface area contributed by atoms with Crippen LogP contribution in [0.15, 0.2) is 0 Å². The third kappa shape index (κ3) is 7.19. The van der Waals surface area contributed by atoms with Crippen LogP contribution in [0.1, 0.15) is 19.8 Å². The largest absolute Gasteiger partial charge is 0.480 e. The molecule has 1 unspecified atom stereocenters. The molecule has 0 bridgehead atoms. The predicted octanol–water partition coefficient (Wildman–Crippen LogP) is 0.0189. The summed E-state index contributed by atoms with van der Waals surface area (Å²) in [7, 11) is 1.55. The Balaban J connectivity index is 3.92. The van der Waals surface area contributed by atoms with E-state index in [9.17, 15) is 9.59 Å². The van der Waals surface area contributed by atoms with Crippen molar-refractivity contribution in [3.8, 4) is 0 Å². The van der Waals surface area contributed by atoms with Crippen molar-refractivity contribution in [2.24, 2.45) is 0 Å². The van der Waals surface area contributed by atoms with Crippen molar-refractivity contribution in [1.82, 2.24) is 5.32 Å². The fourth-order valence-electron chi connectivity index (χ4n) is 1.12. The summed E-state index contributed by atoms with van der Waals surface area (Å²) in [6.45, 7) is 2.56. The molecule has 16 heavy (non-hydrogen) atoms. The van der Waals surface area contributed by atoms with Crippen LogP contribution in [0.2, 0.25) is 0 Å². The second-order valence-corrected chi connectivity index (χ2v) is 3.23. The van der Waals surface area contributed by atoms with E-state index < -0.39 is 17.9 Å². The van der Waals surface area contributed by atoms with Gasteiger partial charge in [0.05, 0.1) is 0 Å². The molecule has 1 amide bonds. The van der Waals surface area contributed by atoms with Gasteiger partial charge in [-0.15, -0.1) is 0 Å². The molecule has 0 rings (SSSR count). The Kier molecular flexibility index (Phi) is 8.46. The number of rotatable bonds is 9. The molecule has 0 fully saturated rings. The number of carbonyl (C=O) groups excluding carboxylic acids is 1. The van der Waals surface area contributed by atoms with Crippen LogP contribution in [0, 0.1) is 0 Å². The summed E-state index contributed by atoms with van der Waals surface area (Å²) in [5, 5.41) is 11.2. The molecule has 0 aromatic rings. The van der Waals surface area contributed by atoms with Crippen LogP contribution in [-0.2, 0) is 19.1 Å². The zero-order valence-corrected chi connectivity index (χ0v) is 9.69. The molecule has 0 aliphatic rings. The van der Waals surface area contributed by atoms with E-state index >= 15 is 0 Å². The Hall–Kier alpha value is -1.14. The van der Waals surface area contributed by atoms with Crippen molar-refractivity contribution in [3.05, 3.63) is 0 Å². The Labute approximate surface area is 94.9 Å². The number of ether oxygens (including phenoxy) is 2. The smallest absolute Gasteiger partial charge is 0.326 e. The quantitative estimate of drug-likeness (QED) is 0.548. The number of carboxylic acid groups (broad SMARTS) is 1. The molecule has 0 aliphatic carbocycles. The number of carboxylic acids is 1. The van der Waals surface area contributed by atoms with E-state index in [-0.39, 0.29) is 6.61 Å². The van der Waals surface area contributed by atoms with Crippen LogP contribution in [0.25, 0.3) is 0 Å². The zero-order chi connectivity index (χ0) is 12.4. The van der Waals surface area contributed by atoms with Crippen molar-refractivity contribution in [3.63, 3.8) is 0 Å². The van der Waals surface area contributed by atoms with Crippen LogP contribution in [0.5, 0.6) is 0 Å². The average molecular weight is 233 g/mol. The highest BCUT2D eigenvalue weighted by Crippen LogP contribution is 1.98. The first-order valence-corrected chi connectivity index (χ1v) is 5.20. The van der Waals surface area contributed by atoms with Gasteiger partial charge in [-0.3, -0.25) is 4.79 Å². The van der Waals surface area contributed by atoms with Crippen molar-refractivity contribution < 1.29 is 24.2 Å².